The molecule has 0 aliphatic heterocycles. The second-order valence-corrected chi connectivity index (χ2v) is 2.36. The minimum Gasteiger partial charge on any atom is -0.370 e. The summed E-state index contributed by atoms with van der Waals surface area (Å²) in [6, 6.07) is 0. The van der Waals surface area contributed by atoms with Gasteiger partial charge in [-0.1, -0.05) is 0 Å². The molecule has 0 aliphatic rings. The highest BCUT2D eigenvalue weighted by atomic mass is 19.1. The fourth-order valence-electron chi connectivity index (χ4n) is 0.741. The summed E-state index contributed by atoms with van der Waals surface area (Å²) in [4.78, 5) is 10.2. The van der Waals surface area contributed by atoms with Gasteiger partial charge in [-0.2, -0.15) is 0 Å². The summed E-state index contributed by atoms with van der Waals surface area (Å²) in [7, 11) is 0. The van der Waals surface area contributed by atoms with Gasteiger partial charge in [0, 0.05) is 13.0 Å². The van der Waals surface area contributed by atoms with E-state index in [0.717, 1.165) is 19.4 Å². The van der Waals surface area contributed by atoms with Crippen LogP contribution in [0.3, 0.4) is 0 Å². The zero-order chi connectivity index (χ0) is 8.53. The molecular weight excluding hydrogens is 147 g/mol. The first-order valence-corrected chi connectivity index (χ1v) is 3.82. The van der Waals surface area contributed by atoms with E-state index in [1.165, 1.54) is 0 Å². The van der Waals surface area contributed by atoms with Gasteiger partial charge >= 0.3 is 0 Å². The van der Waals surface area contributed by atoms with Gasteiger partial charge in [-0.25, -0.2) is 4.39 Å². The Morgan fingerprint density at radius 3 is 2.64 bits per heavy atom. The van der Waals surface area contributed by atoms with E-state index in [9.17, 15) is 9.18 Å². The number of nitrogens with one attached hydrogen (secondary N) is 1. The van der Waals surface area contributed by atoms with Crippen molar-refractivity contribution >= 4 is 5.91 Å². The molecule has 1 amide bonds. The van der Waals surface area contributed by atoms with Crippen molar-refractivity contribution in [1.82, 2.24) is 5.32 Å². The molecule has 0 radical (unpaired) electrons. The lowest BCUT2D eigenvalue weighted by atomic mass is 10.2. The number of primary amides is 1. The predicted molar refractivity (Wildman–Crippen MR) is 41.9 cm³/mol. The van der Waals surface area contributed by atoms with Crippen molar-refractivity contribution < 1.29 is 9.18 Å². The quantitative estimate of drug-likeness (QED) is 0.525. The van der Waals surface area contributed by atoms with Crippen LogP contribution in [0.4, 0.5) is 4.39 Å². The number of carbonyl (C=O) groups excluding carboxylic acids is 1. The maximum Gasteiger partial charge on any atom is 0.217 e. The third-order valence-corrected chi connectivity index (χ3v) is 1.30. The number of unbranched alkanes of at least 4 members (excludes halogenated alkanes) is 1. The number of carbonyl (C=O) groups is 1. The van der Waals surface area contributed by atoms with Crippen LogP contribution in [0.2, 0.25) is 0 Å². The first kappa shape index (κ1) is 10.4. The number of amides is 1. The Balaban J connectivity index is 2.85. The van der Waals surface area contributed by atoms with Crippen molar-refractivity contribution in [2.75, 3.05) is 19.8 Å². The van der Waals surface area contributed by atoms with Gasteiger partial charge in [0.2, 0.25) is 5.91 Å². The van der Waals surface area contributed by atoms with E-state index in [-0.39, 0.29) is 12.6 Å². The van der Waals surface area contributed by atoms with E-state index in [1.54, 1.807) is 0 Å². The Hall–Kier alpha value is -0.640. The molecule has 11 heavy (non-hydrogen) atoms. The largest absolute Gasteiger partial charge is 0.370 e. The number of hydrogen-bond acceptors (Lipinski definition) is 2. The zero-order valence-electron chi connectivity index (χ0n) is 6.61. The summed E-state index contributed by atoms with van der Waals surface area (Å²) in [5.74, 6) is -0.268. The summed E-state index contributed by atoms with van der Waals surface area (Å²) in [6.45, 7) is 0.823. The topological polar surface area (TPSA) is 55.1 Å². The molecule has 0 aromatic rings. The van der Waals surface area contributed by atoms with Crippen LogP contribution in [0.25, 0.3) is 0 Å². The van der Waals surface area contributed by atoms with Crippen molar-refractivity contribution in [2.45, 2.75) is 19.3 Å². The van der Waals surface area contributed by atoms with Crippen molar-refractivity contribution in [2.24, 2.45) is 5.73 Å². The van der Waals surface area contributed by atoms with E-state index in [0.29, 0.717) is 13.0 Å². The maximum absolute atomic E-state index is 11.5. The number of nitrogens with two attached hydrogens (primary N) is 1. The van der Waals surface area contributed by atoms with E-state index in [4.69, 9.17) is 5.73 Å². The number of alkyl halides is 1. The van der Waals surface area contributed by atoms with Crippen LogP contribution in [-0.4, -0.2) is 25.7 Å². The van der Waals surface area contributed by atoms with Gasteiger partial charge < -0.3 is 11.1 Å². The highest BCUT2D eigenvalue weighted by molar-refractivity contribution is 5.73. The number of hydrogen-bond donors (Lipinski definition) is 2. The summed E-state index contributed by atoms with van der Waals surface area (Å²) >= 11 is 0. The van der Waals surface area contributed by atoms with Crippen LogP contribution in [0, 0.1) is 0 Å². The number of rotatable bonds is 7. The van der Waals surface area contributed by atoms with Crippen molar-refractivity contribution in [3.63, 3.8) is 0 Å². The highest BCUT2D eigenvalue weighted by Gasteiger charge is 1.93. The third-order valence-electron chi connectivity index (χ3n) is 1.30. The number of halogens is 1. The van der Waals surface area contributed by atoms with E-state index >= 15 is 0 Å². The Morgan fingerprint density at radius 2 is 2.09 bits per heavy atom. The molecule has 0 aromatic heterocycles. The van der Waals surface area contributed by atoms with Crippen LogP contribution >= 0.6 is 0 Å². The first-order valence-electron chi connectivity index (χ1n) is 3.82. The molecule has 0 heterocycles. The lowest BCUT2D eigenvalue weighted by molar-refractivity contribution is -0.118. The van der Waals surface area contributed by atoms with Gasteiger partial charge in [-0.3, -0.25) is 4.79 Å². The van der Waals surface area contributed by atoms with Crippen LogP contribution < -0.4 is 11.1 Å². The minimum absolute atomic E-state index is 0.268. The molecule has 0 bridgehead atoms. The van der Waals surface area contributed by atoms with Gasteiger partial charge in [0.05, 0.1) is 0 Å². The lowest BCUT2D eigenvalue weighted by Crippen LogP contribution is -2.18. The molecule has 4 heteroatoms. The van der Waals surface area contributed by atoms with Crippen molar-refractivity contribution in [1.29, 1.82) is 0 Å². The van der Waals surface area contributed by atoms with Crippen LogP contribution in [0.5, 0.6) is 0 Å². The molecule has 0 saturated heterocycles. The molecule has 0 atom stereocenters. The fourth-order valence-corrected chi connectivity index (χ4v) is 0.741. The van der Waals surface area contributed by atoms with Gasteiger partial charge in [-0.05, 0) is 19.4 Å². The van der Waals surface area contributed by atoms with Gasteiger partial charge in [-0.15, -0.1) is 0 Å². The van der Waals surface area contributed by atoms with E-state index in [2.05, 4.69) is 5.32 Å². The monoisotopic (exact) mass is 162 g/mol. The predicted octanol–water partition coefficient (Wildman–Crippen LogP) is 0.201. The second kappa shape index (κ2) is 7.47. The van der Waals surface area contributed by atoms with Gasteiger partial charge in [0.1, 0.15) is 6.67 Å². The Kier molecular flexibility index (Phi) is 7.03. The van der Waals surface area contributed by atoms with Crippen LogP contribution in [-0.2, 0) is 4.79 Å². The lowest BCUT2D eigenvalue weighted by Gasteiger charge is -1.99. The average molecular weight is 162 g/mol. The molecule has 3 nitrogen and oxygen atoms in total. The Morgan fingerprint density at radius 1 is 1.36 bits per heavy atom. The highest BCUT2D eigenvalue weighted by Crippen LogP contribution is 1.91. The van der Waals surface area contributed by atoms with Crippen LogP contribution in [0.15, 0.2) is 0 Å². The third kappa shape index (κ3) is 9.36. The zero-order valence-corrected chi connectivity index (χ0v) is 6.61. The molecule has 3 N–H and O–H groups in total. The molecule has 0 saturated carbocycles. The molecule has 0 rings (SSSR count). The fraction of sp³-hybridized carbons (Fsp3) is 0.857. The molecule has 0 aromatic carbocycles. The van der Waals surface area contributed by atoms with Gasteiger partial charge in [0.15, 0.2) is 0 Å². The summed E-state index contributed by atoms with van der Waals surface area (Å²) in [5, 5.41) is 2.88. The Bertz CT molecular complexity index is 109. The molecule has 0 fully saturated rings. The average Bonchev–Trinajstić information content (AvgIpc) is 1.96. The summed E-state index contributed by atoms with van der Waals surface area (Å²) in [6.07, 6.45) is 2.09. The summed E-state index contributed by atoms with van der Waals surface area (Å²) in [5.41, 5.74) is 4.91. The normalized spacial score (nSPS) is 9.91. The van der Waals surface area contributed by atoms with E-state index < -0.39 is 0 Å². The SMILES string of the molecule is NC(=O)CCCCNCCF. The van der Waals surface area contributed by atoms with Crippen molar-refractivity contribution in [3.05, 3.63) is 0 Å². The van der Waals surface area contributed by atoms with Crippen LogP contribution in [0.1, 0.15) is 19.3 Å². The molecule has 0 spiro atoms. The van der Waals surface area contributed by atoms with E-state index in [1.807, 2.05) is 0 Å². The maximum atomic E-state index is 11.5. The standard InChI is InChI=1S/C7H15FN2O/c8-4-6-10-5-2-1-3-7(9)11/h10H,1-6H2,(H2,9,11). The second-order valence-electron chi connectivity index (χ2n) is 2.36. The van der Waals surface area contributed by atoms with Crippen molar-refractivity contribution in [3.8, 4) is 0 Å². The molecular formula is C7H15FN2O. The molecule has 0 unspecified atom stereocenters. The Labute approximate surface area is 66.1 Å². The minimum atomic E-state index is -0.337. The summed E-state index contributed by atoms with van der Waals surface area (Å²) < 4.78 is 11.5. The first-order chi connectivity index (χ1) is 5.27. The molecule has 0 aliphatic carbocycles. The van der Waals surface area contributed by atoms with Gasteiger partial charge in [0.25, 0.3) is 0 Å². The molecule has 66 valence electrons. The smallest absolute Gasteiger partial charge is 0.217 e.